The van der Waals surface area contributed by atoms with E-state index in [1.54, 1.807) is 12.4 Å². The van der Waals surface area contributed by atoms with E-state index >= 15 is 0 Å². The number of hydrogen-bond donors (Lipinski definition) is 1. The van der Waals surface area contributed by atoms with Crippen LogP contribution in [0.15, 0.2) is 30.6 Å². The van der Waals surface area contributed by atoms with Crippen molar-refractivity contribution in [3.05, 3.63) is 41.6 Å². The summed E-state index contributed by atoms with van der Waals surface area (Å²) < 4.78 is 0. The standard InChI is InChI=1S/C12H9ClN4/c1-7-15-11(8-3-2-4-14-6-8)9-5-10(13)17-12(9)16-7/h2-6H,1H3,(H,15,16,17). The molecule has 17 heavy (non-hydrogen) atoms. The third kappa shape index (κ3) is 1.76. The summed E-state index contributed by atoms with van der Waals surface area (Å²) in [6.45, 7) is 1.86. The lowest BCUT2D eigenvalue weighted by atomic mass is 10.1. The van der Waals surface area contributed by atoms with Crippen LogP contribution in [0.25, 0.3) is 22.3 Å². The van der Waals surface area contributed by atoms with Gasteiger partial charge >= 0.3 is 0 Å². The van der Waals surface area contributed by atoms with Crippen LogP contribution in [0.2, 0.25) is 5.15 Å². The van der Waals surface area contributed by atoms with Gasteiger partial charge in [-0.05, 0) is 25.1 Å². The van der Waals surface area contributed by atoms with Crippen LogP contribution in [0, 0.1) is 6.92 Å². The van der Waals surface area contributed by atoms with Crippen molar-refractivity contribution in [3.63, 3.8) is 0 Å². The van der Waals surface area contributed by atoms with Crippen molar-refractivity contribution in [1.82, 2.24) is 19.9 Å². The highest BCUT2D eigenvalue weighted by Gasteiger charge is 2.10. The number of nitrogens with zero attached hydrogens (tertiary/aromatic N) is 3. The maximum Gasteiger partial charge on any atom is 0.142 e. The highest BCUT2D eigenvalue weighted by Crippen LogP contribution is 2.27. The molecule has 84 valence electrons. The van der Waals surface area contributed by atoms with E-state index in [4.69, 9.17) is 11.6 Å². The molecule has 0 aliphatic heterocycles. The second-order valence-corrected chi connectivity index (χ2v) is 4.15. The molecular formula is C12H9ClN4. The van der Waals surface area contributed by atoms with E-state index in [0.717, 1.165) is 22.3 Å². The number of fused-ring (bicyclic) bond motifs is 1. The molecule has 0 aliphatic carbocycles. The molecule has 0 spiro atoms. The minimum Gasteiger partial charge on any atom is -0.330 e. The van der Waals surface area contributed by atoms with Gasteiger partial charge in [0.25, 0.3) is 0 Å². The number of H-pyrrole nitrogens is 1. The van der Waals surface area contributed by atoms with Crippen molar-refractivity contribution < 1.29 is 0 Å². The van der Waals surface area contributed by atoms with Gasteiger partial charge in [-0.2, -0.15) is 0 Å². The maximum atomic E-state index is 5.96. The maximum absolute atomic E-state index is 5.96. The Morgan fingerprint density at radius 2 is 2.18 bits per heavy atom. The van der Waals surface area contributed by atoms with Gasteiger partial charge in [-0.15, -0.1) is 0 Å². The van der Waals surface area contributed by atoms with Crippen LogP contribution in [0.3, 0.4) is 0 Å². The van der Waals surface area contributed by atoms with Crippen LogP contribution < -0.4 is 0 Å². The number of aryl methyl sites for hydroxylation is 1. The van der Waals surface area contributed by atoms with Crippen LogP contribution in [0.1, 0.15) is 5.82 Å². The summed E-state index contributed by atoms with van der Waals surface area (Å²) in [5, 5.41) is 1.47. The van der Waals surface area contributed by atoms with Gasteiger partial charge in [0.05, 0.1) is 5.69 Å². The minimum absolute atomic E-state index is 0.560. The van der Waals surface area contributed by atoms with E-state index in [2.05, 4.69) is 19.9 Å². The number of hydrogen-bond acceptors (Lipinski definition) is 3. The second-order valence-electron chi connectivity index (χ2n) is 3.74. The lowest BCUT2D eigenvalue weighted by Gasteiger charge is -2.02. The SMILES string of the molecule is Cc1nc(-c2cccnc2)c2cc(Cl)[nH]c2n1. The minimum atomic E-state index is 0.560. The van der Waals surface area contributed by atoms with Gasteiger partial charge in [-0.25, -0.2) is 9.97 Å². The molecule has 0 saturated heterocycles. The normalized spacial score (nSPS) is 10.9. The highest BCUT2D eigenvalue weighted by atomic mass is 35.5. The lowest BCUT2D eigenvalue weighted by molar-refractivity contribution is 1.08. The van der Waals surface area contributed by atoms with E-state index in [9.17, 15) is 0 Å². The van der Waals surface area contributed by atoms with Gasteiger partial charge in [0, 0.05) is 23.3 Å². The molecule has 0 aliphatic rings. The molecule has 5 heteroatoms. The Hall–Kier alpha value is -1.94. The molecule has 3 heterocycles. The molecule has 0 unspecified atom stereocenters. The molecule has 3 aromatic rings. The van der Waals surface area contributed by atoms with Crippen LogP contribution in [0.4, 0.5) is 0 Å². The first-order valence-corrected chi connectivity index (χ1v) is 5.55. The van der Waals surface area contributed by atoms with Crippen LogP contribution in [-0.4, -0.2) is 19.9 Å². The Kier molecular flexibility index (Phi) is 2.30. The topological polar surface area (TPSA) is 54.5 Å². The summed E-state index contributed by atoms with van der Waals surface area (Å²) in [5.74, 6) is 0.704. The zero-order valence-electron chi connectivity index (χ0n) is 9.11. The largest absolute Gasteiger partial charge is 0.330 e. The Morgan fingerprint density at radius 3 is 2.94 bits per heavy atom. The van der Waals surface area contributed by atoms with E-state index in [0.29, 0.717) is 11.0 Å². The summed E-state index contributed by atoms with van der Waals surface area (Å²) in [6.07, 6.45) is 3.51. The van der Waals surface area contributed by atoms with Crippen LogP contribution in [-0.2, 0) is 0 Å². The molecule has 3 aromatic heterocycles. The molecule has 0 atom stereocenters. The fourth-order valence-electron chi connectivity index (χ4n) is 1.81. The zero-order valence-corrected chi connectivity index (χ0v) is 9.86. The number of aromatic nitrogens is 4. The predicted molar refractivity (Wildman–Crippen MR) is 66.9 cm³/mol. The van der Waals surface area contributed by atoms with Gasteiger partial charge < -0.3 is 4.98 Å². The third-order valence-electron chi connectivity index (χ3n) is 2.50. The van der Waals surface area contributed by atoms with Crippen molar-refractivity contribution in [3.8, 4) is 11.3 Å². The summed E-state index contributed by atoms with van der Waals surface area (Å²) in [7, 11) is 0. The first-order valence-electron chi connectivity index (χ1n) is 5.17. The Labute approximate surface area is 103 Å². The van der Waals surface area contributed by atoms with Crippen molar-refractivity contribution >= 4 is 22.6 Å². The third-order valence-corrected chi connectivity index (χ3v) is 2.70. The summed E-state index contributed by atoms with van der Waals surface area (Å²) >= 11 is 5.96. The molecule has 0 bridgehead atoms. The quantitative estimate of drug-likeness (QED) is 0.716. The number of halogens is 1. The number of nitrogens with one attached hydrogen (secondary N) is 1. The van der Waals surface area contributed by atoms with E-state index < -0.39 is 0 Å². The Bertz CT molecular complexity index is 676. The summed E-state index contributed by atoms with van der Waals surface area (Å²) in [6, 6.07) is 5.68. The monoisotopic (exact) mass is 244 g/mol. The molecule has 0 saturated carbocycles. The predicted octanol–water partition coefficient (Wildman–Crippen LogP) is 2.98. The van der Waals surface area contributed by atoms with Gasteiger partial charge in [0.1, 0.15) is 16.6 Å². The van der Waals surface area contributed by atoms with Crippen molar-refractivity contribution in [1.29, 1.82) is 0 Å². The smallest absolute Gasteiger partial charge is 0.142 e. The Balaban J connectivity index is 2.35. The highest BCUT2D eigenvalue weighted by molar-refractivity contribution is 6.30. The van der Waals surface area contributed by atoms with Gasteiger partial charge in [-0.3, -0.25) is 4.98 Å². The van der Waals surface area contributed by atoms with Crippen molar-refractivity contribution in [2.45, 2.75) is 6.92 Å². The van der Waals surface area contributed by atoms with Gasteiger partial charge in [0.15, 0.2) is 0 Å². The van der Waals surface area contributed by atoms with E-state index in [1.807, 2.05) is 25.1 Å². The lowest BCUT2D eigenvalue weighted by Crippen LogP contribution is -1.92. The summed E-state index contributed by atoms with van der Waals surface area (Å²) in [5.41, 5.74) is 2.56. The second kappa shape index (κ2) is 3.82. The number of pyridine rings is 1. The number of aromatic amines is 1. The average Bonchev–Trinajstić information content (AvgIpc) is 2.69. The number of rotatable bonds is 1. The molecule has 0 fully saturated rings. The molecular weight excluding hydrogens is 236 g/mol. The van der Waals surface area contributed by atoms with Crippen LogP contribution in [0.5, 0.6) is 0 Å². The molecule has 0 amide bonds. The van der Waals surface area contributed by atoms with Crippen LogP contribution >= 0.6 is 11.6 Å². The van der Waals surface area contributed by atoms with Gasteiger partial charge in [-0.1, -0.05) is 11.6 Å². The van der Waals surface area contributed by atoms with Crippen molar-refractivity contribution in [2.75, 3.05) is 0 Å². The first kappa shape index (κ1) is 10.2. The Morgan fingerprint density at radius 1 is 1.29 bits per heavy atom. The van der Waals surface area contributed by atoms with E-state index in [1.165, 1.54) is 0 Å². The summed E-state index contributed by atoms with van der Waals surface area (Å²) in [4.78, 5) is 15.9. The van der Waals surface area contributed by atoms with Crippen molar-refractivity contribution in [2.24, 2.45) is 0 Å². The van der Waals surface area contributed by atoms with Gasteiger partial charge in [0.2, 0.25) is 0 Å². The fraction of sp³-hybridized carbons (Fsp3) is 0.0833. The zero-order chi connectivity index (χ0) is 11.8. The molecule has 3 rings (SSSR count). The van der Waals surface area contributed by atoms with E-state index in [-0.39, 0.29) is 0 Å². The molecule has 1 N–H and O–H groups in total. The first-order chi connectivity index (χ1) is 8.24. The average molecular weight is 245 g/mol. The molecule has 4 nitrogen and oxygen atoms in total. The fourth-order valence-corrected chi connectivity index (χ4v) is 2.01. The molecule has 0 aromatic carbocycles. The molecule has 0 radical (unpaired) electrons.